The molecule has 0 radical (unpaired) electrons. The molecule has 0 bridgehead atoms. The number of hydrogen-bond donors (Lipinski definition) is 1. The van der Waals surface area contributed by atoms with E-state index >= 15 is 0 Å². The lowest BCUT2D eigenvalue weighted by Gasteiger charge is -2.37. The molecule has 0 unspecified atom stereocenters. The molecule has 1 aromatic heterocycles. The fourth-order valence-electron chi connectivity index (χ4n) is 3.69. The van der Waals surface area contributed by atoms with Gasteiger partial charge in [0.05, 0.1) is 0 Å². The van der Waals surface area contributed by atoms with Gasteiger partial charge in [-0.1, -0.05) is 44.2 Å². The minimum atomic E-state index is -0.0499. The van der Waals surface area contributed by atoms with Crippen LogP contribution in [0.3, 0.4) is 0 Å². The number of aryl methyl sites for hydroxylation is 1. The van der Waals surface area contributed by atoms with Gasteiger partial charge in [0.15, 0.2) is 11.8 Å². The van der Waals surface area contributed by atoms with Crippen LogP contribution in [0.5, 0.6) is 0 Å². The Morgan fingerprint density at radius 3 is 2.52 bits per heavy atom. The van der Waals surface area contributed by atoms with Crippen LogP contribution in [0.25, 0.3) is 0 Å². The summed E-state index contributed by atoms with van der Waals surface area (Å²) in [5, 5.41) is 3.55. The zero-order valence-electron chi connectivity index (χ0n) is 17.9. The Bertz CT molecular complexity index is 882. The summed E-state index contributed by atoms with van der Waals surface area (Å²) < 4.78 is 1.57. The van der Waals surface area contributed by atoms with Crippen molar-refractivity contribution in [2.24, 2.45) is 17.5 Å². The third kappa shape index (κ3) is 5.37. The summed E-state index contributed by atoms with van der Waals surface area (Å²) in [5.74, 6) is 1.45. The van der Waals surface area contributed by atoms with Gasteiger partial charge in [-0.2, -0.15) is 0 Å². The molecule has 0 amide bonds. The van der Waals surface area contributed by atoms with Gasteiger partial charge in [0.2, 0.25) is 0 Å². The fraction of sp³-hybridized carbons (Fsp3) is 0.500. The maximum absolute atomic E-state index is 12.3. The average Bonchev–Trinajstić information content (AvgIpc) is 2.71. The molecule has 2 aromatic rings. The van der Waals surface area contributed by atoms with Gasteiger partial charge < -0.3 is 19.7 Å². The van der Waals surface area contributed by atoms with Gasteiger partial charge in [0.25, 0.3) is 5.56 Å². The lowest BCUT2D eigenvalue weighted by molar-refractivity contribution is 0.333. The van der Waals surface area contributed by atoms with Crippen LogP contribution in [0.4, 0.5) is 5.82 Å². The van der Waals surface area contributed by atoms with Gasteiger partial charge in [-0.25, -0.2) is 4.98 Å². The number of hydrogen-bond acceptors (Lipinski definition) is 4. The first-order chi connectivity index (χ1) is 13.9. The van der Waals surface area contributed by atoms with Crippen molar-refractivity contribution < 1.29 is 0 Å². The summed E-state index contributed by atoms with van der Waals surface area (Å²) in [6.45, 7) is 8.50. The lowest BCUT2D eigenvalue weighted by Crippen LogP contribution is -2.54. The molecule has 1 aromatic carbocycles. The van der Waals surface area contributed by atoms with Crippen molar-refractivity contribution in [2.75, 3.05) is 44.7 Å². The number of anilines is 1. The van der Waals surface area contributed by atoms with Crippen molar-refractivity contribution in [3.63, 3.8) is 0 Å². The summed E-state index contributed by atoms with van der Waals surface area (Å²) in [5.41, 5.74) is 1.41. The number of benzene rings is 1. The molecule has 156 valence electrons. The molecule has 0 atom stereocenters. The second kappa shape index (κ2) is 9.11. The van der Waals surface area contributed by atoms with Crippen molar-refractivity contribution in [2.45, 2.75) is 20.3 Å². The molecule has 3 rings (SSSR count). The highest BCUT2D eigenvalue weighted by Gasteiger charge is 2.24. The molecule has 1 aliphatic rings. The van der Waals surface area contributed by atoms with Gasteiger partial charge in [0.1, 0.15) is 0 Å². The molecule has 0 spiro atoms. The van der Waals surface area contributed by atoms with E-state index in [1.807, 2.05) is 7.05 Å². The maximum Gasteiger partial charge on any atom is 0.293 e. The lowest BCUT2D eigenvalue weighted by atomic mass is 9.86. The highest BCUT2D eigenvalue weighted by molar-refractivity contribution is 5.80. The van der Waals surface area contributed by atoms with Gasteiger partial charge in [-0.05, 0) is 17.4 Å². The Morgan fingerprint density at radius 1 is 1.17 bits per heavy atom. The topological polar surface area (TPSA) is 65.8 Å². The van der Waals surface area contributed by atoms with Gasteiger partial charge in [0, 0.05) is 59.2 Å². The van der Waals surface area contributed by atoms with Crippen LogP contribution >= 0.6 is 0 Å². The highest BCUT2D eigenvalue weighted by Crippen LogP contribution is 2.21. The van der Waals surface area contributed by atoms with Crippen LogP contribution < -0.4 is 15.8 Å². The zero-order valence-corrected chi connectivity index (χ0v) is 17.9. The Balaban J connectivity index is 1.55. The van der Waals surface area contributed by atoms with Crippen molar-refractivity contribution >= 4 is 11.8 Å². The predicted octanol–water partition coefficient (Wildman–Crippen LogP) is 1.75. The van der Waals surface area contributed by atoms with E-state index in [0.717, 1.165) is 45.1 Å². The van der Waals surface area contributed by atoms with Gasteiger partial charge in [-0.15, -0.1) is 0 Å². The van der Waals surface area contributed by atoms with E-state index in [2.05, 4.69) is 69.3 Å². The van der Waals surface area contributed by atoms with E-state index in [1.165, 1.54) is 5.56 Å². The molecule has 1 aliphatic heterocycles. The molecule has 1 fully saturated rings. The van der Waals surface area contributed by atoms with Crippen LogP contribution in [-0.4, -0.2) is 60.2 Å². The predicted molar refractivity (Wildman–Crippen MR) is 119 cm³/mol. The third-order valence-corrected chi connectivity index (χ3v) is 5.34. The second-order valence-electron chi connectivity index (χ2n) is 8.37. The van der Waals surface area contributed by atoms with Gasteiger partial charge in [-0.3, -0.25) is 9.79 Å². The SMILES string of the molecule is CN=C(NCC(C)(C)Cc1ccccc1)N1CCN(c2nccn(C)c2=O)CC1. The third-order valence-electron chi connectivity index (χ3n) is 5.34. The standard InChI is InChI=1S/C22H32N6O/c1-22(2,16-18-8-6-5-7-9-18)17-25-21(23-3)28-14-12-27(13-15-28)19-20(29)26(4)11-10-24-19/h5-11H,12-17H2,1-4H3,(H,23,25). The maximum atomic E-state index is 12.3. The van der Waals surface area contributed by atoms with E-state index in [0.29, 0.717) is 5.82 Å². The summed E-state index contributed by atoms with van der Waals surface area (Å²) in [7, 11) is 3.58. The Kier molecular flexibility index (Phi) is 6.56. The molecule has 2 heterocycles. The minimum Gasteiger partial charge on any atom is -0.356 e. The first-order valence-corrected chi connectivity index (χ1v) is 10.2. The smallest absolute Gasteiger partial charge is 0.293 e. The number of nitrogens with one attached hydrogen (secondary N) is 1. The van der Waals surface area contributed by atoms with Gasteiger partial charge >= 0.3 is 0 Å². The molecular formula is C22H32N6O. The monoisotopic (exact) mass is 396 g/mol. The minimum absolute atomic E-state index is 0.0499. The molecule has 7 heteroatoms. The zero-order chi connectivity index (χ0) is 20.9. The first-order valence-electron chi connectivity index (χ1n) is 10.2. The number of aliphatic imine (C=N–C) groups is 1. The quantitative estimate of drug-likeness (QED) is 0.616. The Hall–Kier alpha value is -2.83. The Labute approximate surface area is 173 Å². The Morgan fingerprint density at radius 2 is 1.86 bits per heavy atom. The van der Waals surface area contributed by atoms with Crippen molar-refractivity contribution in [1.82, 2.24) is 19.8 Å². The average molecular weight is 397 g/mol. The van der Waals surface area contributed by atoms with Crippen LogP contribution in [0, 0.1) is 5.41 Å². The molecule has 1 saturated heterocycles. The fourth-order valence-corrected chi connectivity index (χ4v) is 3.69. The van der Waals surface area contributed by atoms with E-state index < -0.39 is 0 Å². The number of nitrogens with zero attached hydrogens (tertiary/aromatic N) is 5. The van der Waals surface area contributed by atoms with Crippen LogP contribution in [0.2, 0.25) is 0 Å². The summed E-state index contributed by atoms with van der Waals surface area (Å²) in [4.78, 5) is 25.4. The van der Waals surface area contributed by atoms with Crippen molar-refractivity contribution in [1.29, 1.82) is 0 Å². The molecular weight excluding hydrogens is 364 g/mol. The molecule has 0 aliphatic carbocycles. The largest absolute Gasteiger partial charge is 0.356 e. The highest BCUT2D eigenvalue weighted by atomic mass is 16.1. The van der Waals surface area contributed by atoms with Crippen molar-refractivity contribution in [3.8, 4) is 0 Å². The van der Waals surface area contributed by atoms with Crippen LogP contribution in [0.15, 0.2) is 52.5 Å². The first kappa shape index (κ1) is 20.9. The van der Waals surface area contributed by atoms with Crippen LogP contribution in [0.1, 0.15) is 19.4 Å². The van der Waals surface area contributed by atoms with E-state index in [-0.39, 0.29) is 11.0 Å². The number of piperazine rings is 1. The molecule has 7 nitrogen and oxygen atoms in total. The van der Waals surface area contributed by atoms with E-state index in [1.54, 1.807) is 24.0 Å². The number of aromatic nitrogens is 2. The normalized spacial score (nSPS) is 15.5. The number of guanidine groups is 1. The molecule has 29 heavy (non-hydrogen) atoms. The molecule has 1 N–H and O–H groups in total. The second-order valence-corrected chi connectivity index (χ2v) is 8.37. The summed E-state index contributed by atoms with van der Waals surface area (Å²) in [6.07, 6.45) is 4.37. The van der Waals surface area contributed by atoms with E-state index in [4.69, 9.17) is 0 Å². The summed E-state index contributed by atoms with van der Waals surface area (Å²) >= 11 is 0. The number of rotatable bonds is 5. The van der Waals surface area contributed by atoms with E-state index in [9.17, 15) is 4.79 Å². The van der Waals surface area contributed by atoms with Crippen molar-refractivity contribution in [3.05, 3.63) is 58.6 Å². The molecule has 0 saturated carbocycles. The summed E-state index contributed by atoms with van der Waals surface area (Å²) in [6, 6.07) is 10.6. The van der Waals surface area contributed by atoms with Crippen LogP contribution in [-0.2, 0) is 13.5 Å².